The highest BCUT2D eigenvalue weighted by atomic mass is 35.5. The van der Waals surface area contributed by atoms with Gasteiger partial charge in [-0.1, -0.05) is 115 Å². The van der Waals surface area contributed by atoms with Gasteiger partial charge in [0, 0.05) is 42.9 Å². The summed E-state index contributed by atoms with van der Waals surface area (Å²) < 4.78 is 11.1. The van der Waals surface area contributed by atoms with Gasteiger partial charge in [-0.2, -0.15) is 0 Å². The summed E-state index contributed by atoms with van der Waals surface area (Å²) in [6, 6.07) is 47.1. The van der Waals surface area contributed by atoms with E-state index < -0.39 is 0 Å². The van der Waals surface area contributed by atoms with Crippen molar-refractivity contribution in [3.05, 3.63) is 139 Å². The van der Waals surface area contributed by atoms with Gasteiger partial charge in [0.2, 0.25) is 5.71 Å². The molecule has 11 rings (SSSR count). The van der Waals surface area contributed by atoms with Crippen molar-refractivity contribution in [2.45, 2.75) is 0 Å². The molecule has 11 aromatic rings. The zero-order valence-electron chi connectivity index (χ0n) is 25.2. The Bertz CT molecular complexity index is 3150. The maximum absolute atomic E-state index is 6.88. The quantitative estimate of drug-likeness (QED) is 0.187. The average Bonchev–Trinajstić information content (AvgIpc) is 3.81. The van der Waals surface area contributed by atoms with Gasteiger partial charge in [-0.15, -0.1) is 11.3 Å². The van der Waals surface area contributed by atoms with E-state index in [0.717, 1.165) is 27.7 Å². The Hall–Kier alpha value is -5.75. The molecule has 6 heteroatoms. The molecule has 0 amide bonds. The second-order valence-corrected chi connectivity index (χ2v) is 13.6. The molecule has 0 atom stereocenters. The van der Waals surface area contributed by atoms with Crippen LogP contribution in [0.2, 0.25) is 5.15 Å². The highest BCUT2D eigenvalue weighted by molar-refractivity contribution is 7.27. The highest BCUT2D eigenvalue weighted by Crippen LogP contribution is 2.49. The van der Waals surface area contributed by atoms with Crippen molar-refractivity contribution in [1.29, 1.82) is 0 Å². The van der Waals surface area contributed by atoms with E-state index in [2.05, 4.69) is 108 Å². The van der Waals surface area contributed by atoms with Gasteiger partial charge in [-0.3, -0.25) is 0 Å². The lowest BCUT2D eigenvalue weighted by atomic mass is 9.98. The van der Waals surface area contributed by atoms with E-state index in [9.17, 15) is 0 Å². The minimum Gasteiger partial charge on any atom is -0.436 e. The molecule has 224 valence electrons. The van der Waals surface area contributed by atoms with Crippen LogP contribution in [0.3, 0.4) is 0 Å². The van der Waals surface area contributed by atoms with E-state index >= 15 is 0 Å². The molecule has 0 N–H and O–H groups in total. The summed E-state index contributed by atoms with van der Waals surface area (Å²) in [5.41, 5.74) is 6.74. The van der Waals surface area contributed by atoms with Crippen LogP contribution in [-0.4, -0.2) is 14.5 Å². The van der Waals surface area contributed by atoms with Gasteiger partial charge in [0.1, 0.15) is 16.8 Å². The first-order valence-corrected chi connectivity index (χ1v) is 17.1. The number of halogens is 1. The average molecular weight is 652 g/mol. The summed E-state index contributed by atoms with van der Waals surface area (Å²) in [6.45, 7) is 0. The second kappa shape index (κ2) is 9.64. The molecule has 0 unspecified atom stereocenters. The number of thiophene rings is 1. The number of rotatable bonds is 2. The molecular formula is C42H22ClN3OS. The highest BCUT2D eigenvalue weighted by Gasteiger charge is 2.23. The monoisotopic (exact) mass is 651 g/mol. The second-order valence-electron chi connectivity index (χ2n) is 12.3. The molecule has 0 aliphatic carbocycles. The minimum atomic E-state index is 0.346. The van der Waals surface area contributed by atoms with Crippen LogP contribution >= 0.6 is 22.9 Å². The predicted octanol–water partition coefficient (Wildman–Crippen LogP) is 12.5. The fraction of sp³-hybridized carbons (Fsp3) is 0. The van der Waals surface area contributed by atoms with Gasteiger partial charge < -0.3 is 8.98 Å². The molecule has 0 fully saturated rings. The fourth-order valence-corrected chi connectivity index (χ4v) is 9.28. The van der Waals surface area contributed by atoms with Gasteiger partial charge in [0.15, 0.2) is 5.15 Å². The van der Waals surface area contributed by atoms with Gasteiger partial charge in [-0.25, -0.2) is 9.97 Å². The fourth-order valence-electron chi connectivity index (χ4n) is 7.65. The molecule has 0 saturated heterocycles. The molecular weight excluding hydrogens is 630 g/mol. The Morgan fingerprint density at radius 2 is 1.31 bits per heavy atom. The summed E-state index contributed by atoms with van der Waals surface area (Å²) in [5, 5.41) is 11.4. The van der Waals surface area contributed by atoms with Crippen LogP contribution in [0.4, 0.5) is 0 Å². The van der Waals surface area contributed by atoms with Crippen molar-refractivity contribution in [1.82, 2.24) is 14.5 Å². The van der Waals surface area contributed by atoms with Gasteiger partial charge >= 0.3 is 0 Å². The number of furan rings is 1. The first-order chi connectivity index (χ1) is 23.7. The molecule has 4 nitrogen and oxygen atoms in total. The molecule has 4 heterocycles. The van der Waals surface area contributed by atoms with E-state index in [4.69, 9.17) is 26.0 Å². The van der Waals surface area contributed by atoms with Gasteiger partial charge in [0.05, 0.1) is 15.7 Å². The lowest BCUT2D eigenvalue weighted by Crippen LogP contribution is -1.96. The van der Waals surface area contributed by atoms with Gasteiger partial charge in [0.25, 0.3) is 0 Å². The first kappa shape index (κ1) is 26.3. The van der Waals surface area contributed by atoms with Crippen LogP contribution < -0.4 is 0 Å². The minimum absolute atomic E-state index is 0.346. The number of aromatic nitrogens is 3. The predicted molar refractivity (Wildman–Crippen MR) is 202 cm³/mol. The number of hydrogen-bond donors (Lipinski definition) is 0. The lowest BCUT2D eigenvalue weighted by Gasteiger charge is -2.12. The van der Waals surface area contributed by atoms with Crippen LogP contribution in [0.15, 0.2) is 138 Å². The van der Waals surface area contributed by atoms with E-state index in [1.54, 1.807) is 0 Å². The van der Waals surface area contributed by atoms with Crippen molar-refractivity contribution in [2.24, 2.45) is 0 Å². The molecule has 0 aliphatic heterocycles. The number of benzene rings is 7. The van der Waals surface area contributed by atoms with E-state index in [1.807, 2.05) is 41.7 Å². The number of fused-ring (bicyclic) bond motifs is 15. The normalized spacial score (nSPS) is 12.3. The zero-order chi connectivity index (χ0) is 31.5. The molecule has 48 heavy (non-hydrogen) atoms. The summed E-state index contributed by atoms with van der Waals surface area (Å²) >= 11 is 8.77. The maximum atomic E-state index is 6.88. The van der Waals surface area contributed by atoms with Crippen LogP contribution in [0.25, 0.3) is 103 Å². The van der Waals surface area contributed by atoms with Crippen LogP contribution in [-0.2, 0) is 0 Å². The SMILES string of the molecule is Clc1nc2c(nc1-c1cccc(-n3c4ccccc4c4c5ccccc5c5c6ccc7ccccc7c6sc5c43)c1)oc1ccccc12. The van der Waals surface area contributed by atoms with Crippen LogP contribution in [0, 0.1) is 0 Å². The summed E-state index contributed by atoms with van der Waals surface area (Å²) in [6.07, 6.45) is 0. The molecule has 4 aromatic heterocycles. The third kappa shape index (κ3) is 3.49. The van der Waals surface area contributed by atoms with Crippen LogP contribution in [0.1, 0.15) is 0 Å². The van der Waals surface area contributed by atoms with Crippen molar-refractivity contribution >= 4 is 109 Å². The standard InChI is InChI=1S/C42H22ClN3OS/c43-41-36(45-42-37(44-41)30-17-6-8-19-33(30)47-42)24-11-9-12-25(22-24)46-32-18-7-5-16-29(32)34-27-14-3-4-15-28(27)35-31-21-20-23-10-1-2-13-26(23)39(31)48-40(35)38(34)46/h1-22H. The van der Waals surface area contributed by atoms with E-state index in [0.29, 0.717) is 22.1 Å². The Morgan fingerprint density at radius 3 is 2.19 bits per heavy atom. The Kier molecular flexibility index (Phi) is 5.29. The molecule has 0 radical (unpaired) electrons. The lowest BCUT2D eigenvalue weighted by molar-refractivity contribution is 0.653. The third-order valence-corrected chi connectivity index (χ3v) is 11.2. The zero-order valence-corrected chi connectivity index (χ0v) is 26.8. The molecule has 0 bridgehead atoms. The largest absolute Gasteiger partial charge is 0.436 e. The Labute approximate surface area is 282 Å². The van der Waals surface area contributed by atoms with Crippen molar-refractivity contribution in [3.63, 3.8) is 0 Å². The topological polar surface area (TPSA) is 43.9 Å². The first-order valence-electron chi connectivity index (χ1n) is 15.9. The molecule has 0 saturated carbocycles. The van der Waals surface area contributed by atoms with E-state index in [-0.39, 0.29) is 0 Å². The molecule has 7 aromatic carbocycles. The van der Waals surface area contributed by atoms with Crippen LogP contribution in [0.5, 0.6) is 0 Å². The summed E-state index contributed by atoms with van der Waals surface area (Å²) in [7, 11) is 0. The van der Waals surface area contributed by atoms with Crippen molar-refractivity contribution in [2.75, 3.05) is 0 Å². The Balaban J connectivity index is 1.26. The van der Waals surface area contributed by atoms with Crippen molar-refractivity contribution in [3.8, 4) is 16.9 Å². The van der Waals surface area contributed by atoms with Gasteiger partial charge in [-0.05, 0) is 51.9 Å². The van der Waals surface area contributed by atoms with E-state index in [1.165, 1.54) is 58.0 Å². The smallest absolute Gasteiger partial charge is 0.247 e. The molecule has 0 spiro atoms. The maximum Gasteiger partial charge on any atom is 0.247 e. The number of nitrogens with zero attached hydrogens (tertiary/aromatic N) is 3. The summed E-state index contributed by atoms with van der Waals surface area (Å²) in [5.74, 6) is 0. The summed E-state index contributed by atoms with van der Waals surface area (Å²) in [4.78, 5) is 9.67. The molecule has 0 aliphatic rings. The van der Waals surface area contributed by atoms with Crippen molar-refractivity contribution < 1.29 is 4.42 Å². The third-order valence-electron chi connectivity index (χ3n) is 9.68. The number of hydrogen-bond acceptors (Lipinski definition) is 4. The number of para-hydroxylation sites is 2. The Morgan fingerprint density at radius 1 is 0.583 bits per heavy atom.